The summed E-state index contributed by atoms with van der Waals surface area (Å²) in [6.07, 6.45) is 9.33. The molecule has 0 amide bonds. The van der Waals surface area contributed by atoms with Crippen LogP contribution in [0, 0.1) is 16.4 Å². The van der Waals surface area contributed by atoms with Crippen molar-refractivity contribution in [2.24, 2.45) is 5.92 Å². The first kappa shape index (κ1) is 14.5. The van der Waals surface area contributed by atoms with Gasteiger partial charge in [0.2, 0.25) is 0 Å². The average molecular weight is 302 g/mol. The highest BCUT2D eigenvalue weighted by molar-refractivity contribution is 5.54. The molecule has 0 saturated carbocycles. The van der Waals surface area contributed by atoms with Crippen LogP contribution < -0.4 is 10.4 Å². The lowest BCUT2D eigenvalue weighted by Gasteiger charge is -2.28. The highest BCUT2D eigenvalue weighted by Gasteiger charge is 2.26. The first-order valence-electron chi connectivity index (χ1n) is 8.45. The van der Waals surface area contributed by atoms with E-state index in [4.69, 9.17) is 0 Å². The number of aliphatic hydroxyl groups excluding tert-OH is 1. The molecule has 2 aromatic rings. The monoisotopic (exact) mass is 302 g/mol. The minimum Gasteiger partial charge on any atom is -0.392 e. The molecular formula is C22H22O. The van der Waals surface area contributed by atoms with E-state index in [0.29, 0.717) is 0 Å². The maximum atomic E-state index is 10.7. The Balaban J connectivity index is 2.07. The molecule has 0 fully saturated rings. The van der Waals surface area contributed by atoms with Gasteiger partial charge in [-0.15, -0.1) is 0 Å². The van der Waals surface area contributed by atoms with Crippen LogP contribution in [0.4, 0.5) is 0 Å². The molecule has 1 N–H and O–H groups in total. The third kappa shape index (κ3) is 2.27. The first-order chi connectivity index (χ1) is 11.2. The van der Waals surface area contributed by atoms with E-state index in [1.54, 1.807) is 0 Å². The number of aliphatic hydroxyl groups is 1. The summed E-state index contributed by atoms with van der Waals surface area (Å²) in [5, 5.41) is 15.9. The second kappa shape index (κ2) is 5.50. The van der Waals surface area contributed by atoms with E-state index in [-0.39, 0.29) is 17.9 Å². The molecule has 23 heavy (non-hydrogen) atoms. The molecule has 1 heteroatoms. The molecule has 0 bridgehead atoms. The quantitative estimate of drug-likeness (QED) is 0.904. The summed E-state index contributed by atoms with van der Waals surface area (Å²) in [6.45, 7) is 4.18. The summed E-state index contributed by atoms with van der Waals surface area (Å²) in [7, 11) is 0. The predicted molar refractivity (Wildman–Crippen MR) is 95.2 cm³/mol. The number of fused-ring (bicyclic) bond motifs is 4. The molecule has 2 unspecified atom stereocenters. The van der Waals surface area contributed by atoms with Gasteiger partial charge in [-0.2, -0.15) is 0 Å². The molecule has 0 heterocycles. The molecule has 0 aliphatic heterocycles. The van der Waals surface area contributed by atoms with Gasteiger partial charge >= 0.3 is 0 Å². The Labute approximate surface area is 136 Å². The van der Waals surface area contributed by atoms with Crippen molar-refractivity contribution in [2.45, 2.75) is 32.3 Å². The van der Waals surface area contributed by atoms with Crippen molar-refractivity contribution in [2.75, 3.05) is 0 Å². The van der Waals surface area contributed by atoms with E-state index >= 15 is 0 Å². The summed E-state index contributed by atoms with van der Waals surface area (Å²) in [5.74, 6) is 0.329. The molecule has 0 saturated heterocycles. The molecule has 2 atom stereocenters. The maximum Gasteiger partial charge on any atom is 0.0666 e. The van der Waals surface area contributed by atoms with Gasteiger partial charge in [-0.3, -0.25) is 0 Å². The molecule has 0 spiro atoms. The fourth-order valence-electron chi connectivity index (χ4n) is 3.90. The van der Waals surface area contributed by atoms with Gasteiger partial charge in [0.15, 0.2) is 0 Å². The summed E-state index contributed by atoms with van der Waals surface area (Å²) < 4.78 is 0. The van der Waals surface area contributed by atoms with Crippen LogP contribution in [0.2, 0.25) is 0 Å². The van der Waals surface area contributed by atoms with E-state index in [1.165, 1.54) is 32.0 Å². The van der Waals surface area contributed by atoms with Gasteiger partial charge in [-0.25, -0.2) is 0 Å². The van der Waals surface area contributed by atoms with Crippen molar-refractivity contribution >= 4 is 12.2 Å². The second-order valence-electron chi connectivity index (χ2n) is 6.90. The normalized spacial score (nSPS) is 19.2. The number of hydrogen-bond acceptors (Lipinski definition) is 1. The summed E-state index contributed by atoms with van der Waals surface area (Å²) >= 11 is 0. The highest BCUT2D eigenvalue weighted by atomic mass is 16.3. The Bertz CT molecular complexity index is 995. The zero-order valence-electron chi connectivity index (χ0n) is 13.7. The van der Waals surface area contributed by atoms with Gasteiger partial charge in [0.05, 0.1) is 6.10 Å². The summed E-state index contributed by atoms with van der Waals surface area (Å²) in [5.41, 5.74) is 2.70. The molecule has 0 aromatic heterocycles. The SMILES string of the molecule is CC(C)C(O)C1C=CC=c2ccc3c(c21)CC=c1ccccc1=3. The third-order valence-corrected chi connectivity index (χ3v) is 5.15. The lowest BCUT2D eigenvalue weighted by atomic mass is 9.79. The number of allylic oxidation sites excluding steroid dienone is 1. The number of hydrogen-bond donors (Lipinski definition) is 1. The van der Waals surface area contributed by atoms with Gasteiger partial charge in [-0.05, 0) is 44.3 Å². The molecule has 1 nitrogen and oxygen atoms in total. The smallest absolute Gasteiger partial charge is 0.0666 e. The van der Waals surface area contributed by atoms with Crippen molar-refractivity contribution in [3.8, 4) is 0 Å². The molecular weight excluding hydrogens is 280 g/mol. The van der Waals surface area contributed by atoms with E-state index in [1.807, 2.05) is 0 Å². The zero-order chi connectivity index (χ0) is 16.0. The minimum absolute atomic E-state index is 0.0867. The van der Waals surface area contributed by atoms with Crippen LogP contribution in [-0.4, -0.2) is 11.2 Å². The van der Waals surface area contributed by atoms with Gasteiger partial charge in [-0.1, -0.05) is 74.5 Å². The van der Waals surface area contributed by atoms with E-state index in [2.05, 4.69) is 74.5 Å². The van der Waals surface area contributed by atoms with E-state index in [9.17, 15) is 5.11 Å². The lowest BCUT2D eigenvalue weighted by molar-refractivity contribution is 0.110. The second-order valence-corrected chi connectivity index (χ2v) is 6.90. The molecule has 2 aromatic carbocycles. The van der Waals surface area contributed by atoms with Gasteiger partial charge < -0.3 is 5.11 Å². The minimum atomic E-state index is -0.345. The molecule has 2 aliphatic rings. The standard InChI is InChI=1S/C22H22O/c1-14(2)22(23)20-9-5-7-16-11-12-18-17-8-4-3-6-15(17)10-13-19(18)21(16)20/h3-12,14,20,22-23H,13H2,1-2H3. The van der Waals surface area contributed by atoms with Crippen LogP contribution in [-0.2, 0) is 6.42 Å². The summed E-state index contributed by atoms with van der Waals surface area (Å²) in [6, 6.07) is 13.0. The van der Waals surface area contributed by atoms with Crippen molar-refractivity contribution in [1.82, 2.24) is 0 Å². The highest BCUT2D eigenvalue weighted by Crippen LogP contribution is 2.29. The molecule has 116 valence electrons. The van der Waals surface area contributed by atoms with Gasteiger partial charge in [0, 0.05) is 5.92 Å². The fraction of sp³-hybridized carbons (Fsp3) is 0.273. The number of benzene rings is 2. The van der Waals surface area contributed by atoms with Crippen molar-refractivity contribution in [3.63, 3.8) is 0 Å². The number of rotatable bonds is 2. The Morgan fingerprint density at radius 3 is 2.65 bits per heavy atom. The van der Waals surface area contributed by atoms with Crippen LogP contribution in [0.1, 0.15) is 30.9 Å². The third-order valence-electron chi connectivity index (χ3n) is 5.15. The average Bonchev–Trinajstić information content (AvgIpc) is 2.59. The largest absolute Gasteiger partial charge is 0.392 e. The van der Waals surface area contributed by atoms with Gasteiger partial charge in [0.1, 0.15) is 0 Å². The van der Waals surface area contributed by atoms with Crippen LogP contribution >= 0.6 is 0 Å². The zero-order valence-corrected chi connectivity index (χ0v) is 13.7. The fourth-order valence-corrected chi connectivity index (χ4v) is 3.90. The predicted octanol–water partition coefficient (Wildman–Crippen LogP) is 2.76. The van der Waals surface area contributed by atoms with Crippen molar-refractivity contribution in [3.05, 3.63) is 80.6 Å². The molecule has 0 radical (unpaired) electrons. The summed E-state index contributed by atoms with van der Waals surface area (Å²) in [4.78, 5) is 0. The Morgan fingerprint density at radius 1 is 1.00 bits per heavy atom. The Hall–Kier alpha value is -2.12. The van der Waals surface area contributed by atoms with E-state index < -0.39 is 0 Å². The molecule has 2 aliphatic carbocycles. The maximum absolute atomic E-state index is 10.7. The van der Waals surface area contributed by atoms with Crippen LogP contribution in [0.3, 0.4) is 0 Å². The van der Waals surface area contributed by atoms with Crippen LogP contribution in [0.25, 0.3) is 12.2 Å². The van der Waals surface area contributed by atoms with Crippen LogP contribution in [0.5, 0.6) is 0 Å². The van der Waals surface area contributed by atoms with Gasteiger partial charge in [0.25, 0.3) is 0 Å². The van der Waals surface area contributed by atoms with Crippen molar-refractivity contribution < 1.29 is 5.11 Å². The topological polar surface area (TPSA) is 20.2 Å². The lowest BCUT2D eigenvalue weighted by Crippen LogP contribution is -2.30. The first-order valence-corrected chi connectivity index (χ1v) is 8.45. The Morgan fingerprint density at radius 2 is 1.83 bits per heavy atom. The molecule has 4 rings (SSSR count). The Kier molecular flexibility index (Phi) is 3.46. The van der Waals surface area contributed by atoms with Crippen LogP contribution in [0.15, 0.2) is 48.6 Å². The van der Waals surface area contributed by atoms with Crippen molar-refractivity contribution in [1.29, 1.82) is 0 Å². The van der Waals surface area contributed by atoms with E-state index in [0.717, 1.165) is 6.42 Å².